The fourth-order valence-corrected chi connectivity index (χ4v) is 3.90. The Morgan fingerprint density at radius 3 is 2.75 bits per heavy atom. The molecule has 0 spiro atoms. The van der Waals surface area contributed by atoms with Crippen molar-refractivity contribution < 1.29 is 23.1 Å². The molecule has 1 unspecified atom stereocenters. The van der Waals surface area contributed by atoms with E-state index in [1.54, 1.807) is 19.1 Å². The van der Waals surface area contributed by atoms with Gasteiger partial charge in [-0.1, -0.05) is 0 Å². The van der Waals surface area contributed by atoms with Gasteiger partial charge in [-0.15, -0.1) is 0 Å². The molecule has 20 heavy (non-hydrogen) atoms. The highest BCUT2D eigenvalue weighted by molar-refractivity contribution is 7.91. The molecule has 1 aromatic heterocycles. The van der Waals surface area contributed by atoms with Gasteiger partial charge >= 0.3 is 5.97 Å². The van der Waals surface area contributed by atoms with Gasteiger partial charge in [-0.3, -0.25) is 9.59 Å². The van der Waals surface area contributed by atoms with Gasteiger partial charge in [0.05, 0.1) is 11.5 Å². The minimum absolute atomic E-state index is 0.0529. The molecule has 1 aliphatic heterocycles. The van der Waals surface area contributed by atoms with Crippen LogP contribution in [0.1, 0.15) is 17.4 Å². The molecule has 7 nitrogen and oxygen atoms in total. The third-order valence-corrected chi connectivity index (χ3v) is 5.08. The molecule has 1 saturated heterocycles. The number of hydrogen-bond donors (Lipinski definition) is 1. The fraction of sp³-hybridized carbons (Fsp3) is 0.500. The normalized spacial score (nSPS) is 21.6. The molecule has 2 heterocycles. The van der Waals surface area contributed by atoms with Gasteiger partial charge in [0.1, 0.15) is 12.2 Å². The maximum atomic E-state index is 12.4. The lowest BCUT2D eigenvalue weighted by molar-refractivity contribution is -0.137. The predicted molar refractivity (Wildman–Crippen MR) is 71.2 cm³/mol. The second-order valence-electron chi connectivity index (χ2n) is 4.88. The number of sulfone groups is 1. The van der Waals surface area contributed by atoms with E-state index >= 15 is 0 Å². The smallest absolute Gasteiger partial charge is 0.323 e. The van der Waals surface area contributed by atoms with Crippen LogP contribution in [-0.4, -0.2) is 59.0 Å². The lowest BCUT2D eigenvalue weighted by Gasteiger charge is -2.33. The number of carboxylic acid groups (broad SMARTS) is 1. The van der Waals surface area contributed by atoms with E-state index in [1.165, 1.54) is 15.7 Å². The van der Waals surface area contributed by atoms with E-state index in [1.807, 2.05) is 0 Å². The number of carbonyl (C=O) groups is 2. The number of hydrogen-bond acceptors (Lipinski definition) is 4. The van der Waals surface area contributed by atoms with Crippen molar-refractivity contribution in [3.05, 3.63) is 24.0 Å². The van der Waals surface area contributed by atoms with Crippen molar-refractivity contribution in [3.63, 3.8) is 0 Å². The van der Waals surface area contributed by atoms with E-state index in [2.05, 4.69) is 0 Å². The van der Waals surface area contributed by atoms with Gasteiger partial charge in [0, 0.05) is 18.8 Å². The summed E-state index contributed by atoms with van der Waals surface area (Å²) in [6, 6.07) is 2.73. The topological polar surface area (TPSA) is 96.7 Å². The van der Waals surface area contributed by atoms with E-state index in [9.17, 15) is 18.0 Å². The number of aromatic nitrogens is 1. The standard InChI is InChI=1S/C12H16N2O5S/c1-9-8-20(18,19)6-5-14(9)12(17)10-3-2-4-13(10)7-11(15)16/h2-4,9H,5-8H2,1H3,(H,15,16). The van der Waals surface area contributed by atoms with Crippen molar-refractivity contribution in [3.8, 4) is 0 Å². The summed E-state index contributed by atoms with van der Waals surface area (Å²) in [7, 11) is -3.09. The zero-order chi connectivity index (χ0) is 14.9. The van der Waals surface area contributed by atoms with Crippen molar-refractivity contribution in [1.82, 2.24) is 9.47 Å². The molecule has 110 valence electrons. The van der Waals surface area contributed by atoms with Crippen LogP contribution in [0.4, 0.5) is 0 Å². The molecule has 1 N–H and O–H groups in total. The summed E-state index contributed by atoms with van der Waals surface area (Å²) in [5, 5.41) is 8.80. The molecule has 0 radical (unpaired) electrons. The highest BCUT2D eigenvalue weighted by atomic mass is 32.2. The molecule has 1 aromatic rings. The maximum absolute atomic E-state index is 12.4. The number of amides is 1. The lowest BCUT2D eigenvalue weighted by Crippen LogP contribution is -2.50. The Kier molecular flexibility index (Phi) is 3.85. The van der Waals surface area contributed by atoms with Crippen LogP contribution >= 0.6 is 0 Å². The monoisotopic (exact) mass is 300 g/mol. The van der Waals surface area contributed by atoms with Gasteiger partial charge in [-0.05, 0) is 19.1 Å². The fourth-order valence-electron chi connectivity index (χ4n) is 2.34. The van der Waals surface area contributed by atoms with E-state index in [-0.39, 0.29) is 36.2 Å². The van der Waals surface area contributed by atoms with Crippen molar-refractivity contribution in [2.24, 2.45) is 0 Å². The van der Waals surface area contributed by atoms with Crippen molar-refractivity contribution >= 4 is 21.7 Å². The molecular weight excluding hydrogens is 284 g/mol. The third kappa shape index (κ3) is 3.01. The minimum atomic E-state index is -3.09. The number of nitrogens with zero attached hydrogens (tertiary/aromatic N) is 2. The molecule has 1 aliphatic rings. The minimum Gasteiger partial charge on any atom is -0.480 e. The van der Waals surface area contributed by atoms with Gasteiger partial charge in [0.15, 0.2) is 9.84 Å². The van der Waals surface area contributed by atoms with Crippen LogP contribution in [0.5, 0.6) is 0 Å². The Morgan fingerprint density at radius 2 is 2.15 bits per heavy atom. The number of aliphatic carboxylic acids is 1. The highest BCUT2D eigenvalue weighted by Gasteiger charge is 2.32. The van der Waals surface area contributed by atoms with E-state index in [0.29, 0.717) is 0 Å². The average molecular weight is 300 g/mol. The summed E-state index contributed by atoms with van der Waals surface area (Å²) in [6.45, 7) is 1.52. The van der Waals surface area contributed by atoms with Gasteiger partial charge in [-0.2, -0.15) is 0 Å². The third-order valence-electron chi connectivity index (χ3n) is 3.29. The maximum Gasteiger partial charge on any atom is 0.323 e. The Bertz CT molecular complexity index is 634. The SMILES string of the molecule is CC1CS(=O)(=O)CCN1C(=O)c1cccn1CC(=O)O. The second-order valence-corrected chi connectivity index (χ2v) is 7.11. The van der Waals surface area contributed by atoms with E-state index in [0.717, 1.165) is 0 Å². The first-order valence-corrected chi connectivity index (χ1v) is 8.00. The summed E-state index contributed by atoms with van der Waals surface area (Å²) < 4.78 is 24.4. The molecule has 0 aliphatic carbocycles. The van der Waals surface area contributed by atoms with Crippen molar-refractivity contribution in [2.75, 3.05) is 18.1 Å². The molecule has 0 bridgehead atoms. The molecule has 1 atom stereocenters. The summed E-state index contributed by atoms with van der Waals surface area (Å²) in [6.07, 6.45) is 1.52. The molecule has 8 heteroatoms. The van der Waals surface area contributed by atoms with E-state index < -0.39 is 21.8 Å². The Hall–Kier alpha value is -1.83. The number of rotatable bonds is 3. The molecule has 0 aromatic carbocycles. The van der Waals surface area contributed by atoms with E-state index in [4.69, 9.17) is 5.11 Å². The van der Waals surface area contributed by atoms with Gasteiger partial charge < -0.3 is 14.6 Å². The molecular formula is C12H16N2O5S. The van der Waals surface area contributed by atoms with Crippen LogP contribution in [0.3, 0.4) is 0 Å². The van der Waals surface area contributed by atoms with Crippen LogP contribution < -0.4 is 0 Å². The van der Waals surface area contributed by atoms with Crippen molar-refractivity contribution in [2.45, 2.75) is 19.5 Å². The molecule has 1 amide bonds. The van der Waals surface area contributed by atoms with Crippen LogP contribution in [0, 0.1) is 0 Å². The molecule has 2 rings (SSSR count). The van der Waals surface area contributed by atoms with Crippen LogP contribution in [0.15, 0.2) is 18.3 Å². The summed E-state index contributed by atoms with van der Waals surface area (Å²) in [4.78, 5) is 24.6. The van der Waals surface area contributed by atoms with Crippen LogP contribution in [0.25, 0.3) is 0 Å². The van der Waals surface area contributed by atoms with Crippen LogP contribution in [-0.2, 0) is 21.2 Å². The molecule has 0 saturated carbocycles. The second kappa shape index (κ2) is 5.28. The summed E-state index contributed by atoms with van der Waals surface area (Å²) in [5.41, 5.74) is 0.263. The Balaban J connectivity index is 2.20. The van der Waals surface area contributed by atoms with Gasteiger partial charge in [0.25, 0.3) is 5.91 Å². The number of carbonyl (C=O) groups excluding carboxylic acids is 1. The zero-order valence-corrected chi connectivity index (χ0v) is 11.8. The Labute approximate surface area is 116 Å². The summed E-state index contributed by atoms with van der Waals surface area (Å²) in [5.74, 6) is -1.48. The first-order valence-electron chi connectivity index (χ1n) is 6.18. The molecule has 1 fully saturated rings. The first kappa shape index (κ1) is 14.6. The van der Waals surface area contributed by atoms with Crippen LogP contribution in [0.2, 0.25) is 0 Å². The lowest BCUT2D eigenvalue weighted by atomic mass is 10.2. The first-order chi connectivity index (χ1) is 9.30. The van der Waals surface area contributed by atoms with Gasteiger partial charge in [-0.25, -0.2) is 8.42 Å². The largest absolute Gasteiger partial charge is 0.480 e. The average Bonchev–Trinajstić information content (AvgIpc) is 2.74. The predicted octanol–water partition coefficient (Wildman–Crippen LogP) is -0.168. The Morgan fingerprint density at radius 1 is 1.45 bits per heavy atom. The zero-order valence-electron chi connectivity index (χ0n) is 11.0. The highest BCUT2D eigenvalue weighted by Crippen LogP contribution is 2.16. The quantitative estimate of drug-likeness (QED) is 0.836. The summed E-state index contributed by atoms with van der Waals surface area (Å²) >= 11 is 0. The number of carboxylic acids is 1. The van der Waals surface area contributed by atoms with Crippen molar-refractivity contribution in [1.29, 1.82) is 0 Å². The van der Waals surface area contributed by atoms with Gasteiger partial charge in [0.2, 0.25) is 0 Å².